The first kappa shape index (κ1) is 16.5. The highest BCUT2D eigenvalue weighted by Gasteiger charge is 2.36. The molecule has 0 bridgehead atoms. The van der Waals surface area contributed by atoms with Crippen LogP contribution in [0.4, 0.5) is 5.69 Å². The van der Waals surface area contributed by atoms with Crippen LogP contribution in [0.2, 0.25) is 0 Å². The van der Waals surface area contributed by atoms with E-state index in [4.69, 9.17) is 0 Å². The van der Waals surface area contributed by atoms with Gasteiger partial charge in [0.25, 0.3) is 0 Å². The van der Waals surface area contributed by atoms with Crippen LogP contribution in [-0.2, 0) is 9.59 Å². The Hall–Kier alpha value is -2.40. The van der Waals surface area contributed by atoms with Crippen molar-refractivity contribution in [1.82, 2.24) is 0 Å². The standard InChI is InChI=1S/C19H21NO4/c1-5-20-15-8-13-11(6-12(15)10(2)9-19(20,3)4)7-14(18(23)24)17(22)16(13)21/h6-9,16,21H,5H2,1-4H3,(H,23,24). The summed E-state index contributed by atoms with van der Waals surface area (Å²) in [5, 5.41) is 19.5. The fraction of sp³-hybridized carbons (Fsp3) is 0.368. The Morgan fingerprint density at radius 3 is 2.58 bits per heavy atom. The van der Waals surface area contributed by atoms with Crippen LogP contribution in [0.5, 0.6) is 0 Å². The smallest absolute Gasteiger partial charge is 0.339 e. The number of rotatable bonds is 2. The number of aliphatic hydroxyl groups excluding tert-OH is 1. The van der Waals surface area contributed by atoms with E-state index in [2.05, 4.69) is 31.7 Å². The number of anilines is 1. The lowest BCUT2D eigenvalue weighted by Gasteiger charge is -2.43. The van der Waals surface area contributed by atoms with E-state index in [0.717, 1.165) is 23.4 Å². The van der Waals surface area contributed by atoms with Gasteiger partial charge in [-0.3, -0.25) is 4.79 Å². The molecule has 1 heterocycles. The summed E-state index contributed by atoms with van der Waals surface area (Å²) in [7, 11) is 0. The highest BCUT2D eigenvalue weighted by atomic mass is 16.4. The number of aliphatic hydroxyl groups is 1. The van der Waals surface area contributed by atoms with E-state index in [9.17, 15) is 19.8 Å². The number of ketones is 1. The van der Waals surface area contributed by atoms with Crippen LogP contribution < -0.4 is 4.90 Å². The third kappa shape index (κ3) is 2.27. The molecule has 126 valence electrons. The number of hydrogen-bond donors (Lipinski definition) is 2. The van der Waals surface area contributed by atoms with Crippen molar-refractivity contribution in [1.29, 1.82) is 0 Å². The van der Waals surface area contributed by atoms with Crippen molar-refractivity contribution in [2.75, 3.05) is 11.4 Å². The summed E-state index contributed by atoms with van der Waals surface area (Å²) in [6.07, 6.45) is 2.10. The average molecular weight is 327 g/mol. The molecular formula is C19H21NO4. The summed E-state index contributed by atoms with van der Waals surface area (Å²) in [5.74, 6) is -2.08. The molecule has 0 spiro atoms. The fourth-order valence-corrected chi connectivity index (χ4v) is 3.78. The second-order valence-corrected chi connectivity index (χ2v) is 6.85. The molecule has 0 saturated heterocycles. The van der Waals surface area contributed by atoms with Crippen LogP contribution in [0.1, 0.15) is 50.5 Å². The first-order valence-corrected chi connectivity index (χ1v) is 8.00. The summed E-state index contributed by atoms with van der Waals surface area (Å²) < 4.78 is 0. The van der Waals surface area contributed by atoms with Gasteiger partial charge in [-0.05, 0) is 62.6 Å². The minimum atomic E-state index is -1.44. The maximum Gasteiger partial charge on any atom is 0.339 e. The molecule has 0 fully saturated rings. The maximum absolute atomic E-state index is 12.1. The molecule has 1 aromatic carbocycles. The molecule has 0 aromatic heterocycles. The lowest BCUT2D eigenvalue weighted by Crippen LogP contribution is -2.45. The number of allylic oxidation sites excluding steroid dienone is 1. The van der Waals surface area contributed by atoms with Crippen LogP contribution in [-0.4, -0.2) is 34.0 Å². The van der Waals surface area contributed by atoms with Crippen molar-refractivity contribution in [3.8, 4) is 0 Å². The second kappa shape index (κ2) is 5.31. The van der Waals surface area contributed by atoms with Crippen LogP contribution in [0.3, 0.4) is 0 Å². The Morgan fingerprint density at radius 2 is 2.00 bits per heavy atom. The summed E-state index contributed by atoms with van der Waals surface area (Å²) in [4.78, 5) is 25.6. The number of Topliss-reactive ketones (excluding diaryl/α,β-unsaturated/α-hetero) is 1. The maximum atomic E-state index is 12.1. The molecule has 0 radical (unpaired) electrons. The summed E-state index contributed by atoms with van der Waals surface area (Å²) >= 11 is 0. The number of carbonyl (C=O) groups is 2. The molecule has 5 nitrogen and oxygen atoms in total. The van der Waals surface area contributed by atoms with Crippen LogP contribution in [0.15, 0.2) is 23.8 Å². The molecule has 5 heteroatoms. The van der Waals surface area contributed by atoms with Crippen LogP contribution in [0.25, 0.3) is 11.6 Å². The highest BCUT2D eigenvalue weighted by molar-refractivity contribution is 6.23. The average Bonchev–Trinajstić information content (AvgIpc) is 2.49. The summed E-state index contributed by atoms with van der Waals surface area (Å²) in [6, 6.07) is 3.69. The molecule has 1 aliphatic carbocycles. The Balaban J connectivity index is 2.27. The van der Waals surface area contributed by atoms with Crippen molar-refractivity contribution >= 4 is 29.1 Å². The predicted molar refractivity (Wildman–Crippen MR) is 92.8 cm³/mol. The van der Waals surface area contributed by atoms with E-state index < -0.39 is 17.9 Å². The molecule has 1 aromatic rings. The van der Waals surface area contributed by atoms with Crippen molar-refractivity contribution in [2.24, 2.45) is 0 Å². The number of likely N-dealkylation sites (N-methyl/N-ethyl adjacent to an activating group) is 1. The van der Waals surface area contributed by atoms with Gasteiger partial charge in [0.1, 0.15) is 11.7 Å². The third-order valence-electron chi connectivity index (χ3n) is 4.84. The fourth-order valence-electron chi connectivity index (χ4n) is 3.78. The summed E-state index contributed by atoms with van der Waals surface area (Å²) in [6.45, 7) is 9.09. The van der Waals surface area contributed by atoms with E-state index >= 15 is 0 Å². The molecule has 3 rings (SSSR count). The predicted octanol–water partition coefficient (Wildman–Crippen LogP) is 2.79. The van der Waals surface area contributed by atoms with Crippen LogP contribution in [0, 0.1) is 0 Å². The van der Waals surface area contributed by atoms with Gasteiger partial charge in [0.2, 0.25) is 5.78 Å². The van der Waals surface area contributed by atoms with Crippen molar-refractivity contribution in [3.05, 3.63) is 40.5 Å². The van der Waals surface area contributed by atoms with Crippen LogP contribution >= 0.6 is 0 Å². The van der Waals surface area contributed by atoms with Gasteiger partial charge in [-0.15, -0.1) is 0 Å². The SMILES string of the molecule is CCN1c2cc3c(cc2C(C)=CC1(C)C)C=C(C(=O)O)C(=O)C3O. The highest BCUT2D eigenvalue weighted by Crippen LogP contribution is 2.43. The Kier molecular flexibility index (Phi) is 3.64. The van der Waals surface area contributed by atoms with E-state index in [-0.39, 0.29) is 11.1 Å². The topological polar surface area (TPSA) is 77.8 Å². The zero-order chi connectivity index (χ0) is 17.8. The molecule has 2 N–H and O–H groups in total. The number of carbonyl (C=O) groups excluding carboxylic acids is 1. The van der Waals surface area contributed by atoms with Gasteiger partial charge < -0.3 is 15.1 Å². The van der Waals surface area contributed by atoms with E-state index in [0.29, 0.717) is 11.1 Å². The lowest BCUT2D eigenvalue weighted by atomic mass is 9.82. The minimum Gasteiger partial charge on any atom is -0.478 e. The van der Waals surface area contributed by atoms with Crippen molar-refractivity contribution < 1.29 is 19.8 Å². The number of fused-ring (bicyclic) bond motifs is 2. The molecule has 0 saturated carbocycles. The van der Waals surface area contributed by atoms with E-state index in [1.807, 2.05) is 19.1 Å². The van der Waals surface area contributed by atoms with Gasteiger partial charge in [0, 0.05) is 17.8 Å². The molecule has 1 atom stereocenters. The molecule has 1 aliphatic heterocycles. The van der Waals surface area contributed by atoms with Gasteiger partial charge >= 0.3 is 5.97 Å². The Labute approximate surface area is 140 Å². The molecule has 1 unspecified atom stereocenters. The van der Waals surface area contributed by atoms with E-state index in [1.54, 1.807) is 0 Å². The number of benzene rings is 1. The van der Waals surface area contributed by atoms with E-state index in [1.165, 1.54) is 6.08 Å². The minimum absolute atomic E-state index is 0.175. The normalized spacial score (nSPS) is 21.6. The largest absolute Gasteiger partial charge is 0.478 e. The summed E-state index contributed by atoms with van der Waals surface area (Å²) in [5.41, 5.74) is 3.55. The quantitative estimate of drug-likeness (QED) is 0.817. The van der Waals surface area contributed by atoms with Gasteiger partial charge in [0.05, 0.1) is 5.54 Å². The molecule has 2 aliphatic rings. The number of hydrogen-bond acceptors (Lipinski definition) is 4. The number of nitrogens with zero attached hydrogens (tertiary/aromatic N) is 1. The monoisotopic (exact) mass is 327 g/mol. The molecule has 24 heavy (non-hydrogen) atoms. The Bertz CT molecular complexity index is 817. The number of carboxylic acids is 1. The molecule has 0 amide bonds. The first-order chi connectivity index (χ1) is 11.2. The van der Waals surface area contributed by atoms with Gasteiger partial charge in [-0.1, -0.05) is 6.08 Å². The van der Waals surface area contributed by atoms with Crippen molar-refractivity contribution in [2.45, 2.75) is 39.3 Å². The zero-order valence-electron chi connectivity index (χ0n) is 14.3. The second-order valence-electron chi connectivity index (χ2n) is 6.85. The Morgan fingerprint density at radius 1 is 1.33 bits per heavy atom. The van der Waals surface area contributed by atoms with Gasteiger partial charge in [-0.25, -0.2) is 4.79 Å². The third-order valence-corrected chi connectivity index (χ3v) is 4.84. The van der Waals surface area contributed by atoms with Gasteiger partial charge in [0.15, 0.2) is 0 Å². The molecular weight excluding hydrogens is 306 g/mol. The van der Waals surface area contributed by atoms with Gasteiger partial charge in [-0.2, -0.15) is 0 Å². The van der Waals surface area contributed by atoms with Crippen molar-refractivity contribution in [3.63, 3.8) is 0 Å². The lowest BCUT2D eigenvalue weighted by molar-refractivity contribution is -0.136. The number of aliphatic carboxylic acids is 1. The zero-order valence-corrected chi connectivity index (χ0v) is 14.3. The first-order valence-electron chi connectivity index (χ1n) is 8.00. The number of carboxylic acid groups (broad SMARTS) is 1.